The molecule has 0 fully saturated rings. The van der Waals surface area contributed by atoms with Crippen LogP contribution in [-0.4, -0.2) is 48.4 Å². The van der Waals surface area contributed by atoms with Crippen molar-refractivity contribution in [1.29, 1.82) is 0 Å². The van der Waals surface area contributed by atoms with Gasteiger partial charge in [0.15, 0.2) is 0 Å². The van der Waals surface area contributed by atoms with Gasteiger partial charge < -0.3 is 15.0 Å². The zero-order chi connectivity index (χ0) is 26.4. The third kappa shape index (κ3) is 4.12. The largest absolute Gasteiger partial charge is 0.481 e. The highest BCUT2D eigenvalue weighted by Crippen LogP contribution is 2.35. The van der Waals surface area contributed by atoms with E-state index in [4.69, 9.17) is 0 Å². The number of aryl methyl sites for hydroxylation is 2. The number of nitrogens with one attached hydrogen (secondary N) is 1. The highest BCUT2D eigenvalue weighted by Gasteiger charge is 2.26. The van der Waals surface area contributed by atoms with Gasteiger partial charge in [-0.3, -0.25) is 9.59 Å². The van der Waals surface area contributed by atoms with Crippen LogP contribution >= 0.6 is 0 Å². The van der Waals surface area contributed by atoms with Gasteiger partial charge in [-0.2, -0.15) is 0 Å². The maximum absolute atomic E-state index is 13.4. The van der Waals surface area contributed by atoms with Gasteiger partial charge in [0.05, 0.1) is 11.9 Å². The topological polar surface area (TPSA) is 104 Å². The maximum Gasteiger partial charge on any atom is 0.304 e. The maximum atomic E-state index is 13.4. The van der Waals surface area contributed by atoms with Crippen LogP contribution in [0.15, 0.2) is 60.7 Å². The number of hydrogen-bond acceptors (Lipinski definition) is 4. The van der Waals surface area contributed by atoms with Crippen molar-refractivity contribution < 1.29 is 14.7 Å². The Hall–Kier alpha value is -4.46. The minimum absolute atomic E-state index is 0.0281. The Morgan fingerprint density at radius 2 is 1.92 bits per heavy atom. The van der Waals surface area contributed by atoms with E-state index in [9.17, 15) is 14.7 Å². The van der Waals surface area contributed by atoms with Gasteiger partial charge in [0.1, 0.15) is 11.2 Å². The molecule has 1 unspecified atom stereocenters. The molecule has 1 aliphatic rings. The van der Waals surface area contributed by atoms with E-state index in [0.717, 1.165) is 50.6 Å². The number of carbonyl (C=O) groups is 2. The molecule has 38 heavy (non-hydrogen) atoms. The number of fused-ring (bicyclic) bond motifs is 3. The van der Waals surface area contributed by atoms with Crippen LogP contribution in [0.5, 0.6) is 0 Å². The van der Waals surface area contributed by atoms with Gasteiger partial charge in [-0.05, 0) is 66.3 Å². The van der Waals surface area contributed by atoms with Gasteiger partial charge in [-0.1, -0.05) is 47.7 Å². The molecule has 1 amide bonds. The van der Waals surface area contributed by atoms with Crippen LogP contribution in [0.4, 0.5) is 0 Å². The molecule has 8 nitrogen and oxygen atoms in total. The zero-order valence-electron chi connectivity index (χ0n) is 21.4. The number of aromatic nitrogens is 4. The van der Waals surface area contributed by atoms with Crippen molar-refractivity contribution >= 4 is 33.8 Å². The molecular weight excluding hydrogens is 478 g/mol. The monoisotopic (exact) mass is 507 g/mol. The summed E-state index contributed by atoms with van der Waals surface area (Å²) >= 11 is 0. The lowest BCUT2D eigenvalue weighted by atomic mass is 9.83. The first-order valence-electron chi connectivity index (χ1n) is 13.0. The lowest BCUT2D eigenvalue weighted by Gasteiger charge is -2.30. The van der Waals surface area contributed by atoms with Gasteiger partial charge in [0.25, 0.3) is 5.91 Å². The van der Waals surface area contributed by atoms with E-state index in [-0.39, 0.29) is 18.2 Å². The molecule has 2 aromatic heterocycles. The van der Waals surface area contributed by atoms with Crippen LogP contribution in [0.3, 0.4) is 0 Å². The van der Waals surface area contributed by atoms with Crippen molar-refractivity contribution in [2.75, 3.05) is 6.54 Å². The first kappa shape index (κ1) is 23.9. The molecule has 2 N–H and O–H groups in total. The van der Waals surface area contributed by atoms with E-state index in [1.54, 1.807) is 0 Å². The van der Waals surface area contributed by atoms with Crippen molar-refractivity contribution in [2.24, 2.45) is 0 Å². The highest BCUT2D eigenvalue weighted by molar-refractivity contribution is 5.98. The number of hydrogen-bond donors (Lipinski definition) is 2. The second-order valence-electron chi connectivity index (χ2n) is 9.98. The second-order valence-corrected chi connectivity index (χ2v) is 9.98. The van der Waals surface area contributed by atoms with Crippen LogP contribution in [0.1, 0.15) is 57.6 Å². The highest BCUT2D eigenvalue weighted by atomic mass is 16.4. The number of carboxylic acids is 1. The van der Waals surface area contributed by atoms with Crippen molar-refractivity contribution in [1.82, 2.24) is 24.9 Å². The van der Waals surface area contributed by atoms with Gasteiger partial charge in [-0.25, -0.2) is 4.68 Å². The average Bonchev–Trinajstić information content (AvgIpc) is 3.56. The number of amides is 1. The molecule has 6 rings (SSSR count). The number of aromatic amines is 1. The number of para-hydroxylation sites is 1. The number of rotatable bonds is 6. The molecule has 1 atom stereocenters. The molecule has 3 aromatic carbocycles. The summed E-state index contributed by atoms with van der Waals surface area (Å²) in [6.07, 6.45) is 0.723. The minimum Gasteiger partial charge on any atom is -0.481 e. The van der Waals surface area contributed by atoms with Crippen molar-refractivity contribution in [3.63, 3.8) is 0 Å². The summed E-state index contributed by atoms with van der Waals surface area (Å²) in [4.78, 5) is 30.4. The quantitative estimate of drug-likeness (QED) is 0.335. The number of carbonyl (C=O) groups excluding carboxylic acids is 1. The molecular formula is C30H29N5O3. The predicted molar refractivity (Wildman–Crippen MR) is 145 cm³/mol. The summed E-state index contributed by atoms with van der Waals surface area (Å²) in [6, 6.07) is 20.0. The molecule has 0 saturated heterocycles. The van der Waals surface area contributed by atoms with Crippen LogP contribution in [0, 0.1) is 6.92 Å². The molecule has 0 saturated carbocycles. The third-order valence-electron chi connectivity index (χ3n) is 7.73. The summed E-state index contributed by atoms with van der Waals surface area (Å²) in [5, 5.41) is 19.4. The number of nitrogens with zero attached hydrogens (tertiary/aromatic N) is 4. The number of carboxylic acid groups (broad SMARTS) is 1. The van der Waals surface area contributed by atoms with Gasteiger partial charge in [0, 0.05) is 36.5 Å². The van der Waals surface area contributed by atoms with E-state index in [1.165, 1.54) is 5.56 Å². The van der Waals surface area contributed by atoms with Gasteiger partial charge in [0.2, 0.25) is 0 Å². The van der Waals surface area contributed by atoms with Crippen LogP contribution < -0.4 is 0 Å². The summed E-state index contributed by atoms with van der Waals surface area (Å²) in [5.74, 6) is -1.23. The van der Waals surface area contributed by atoms with Crippen LogP contribution in [-0.2, 0) is 24.3 Å². The third-order valence-corrected chi connectivity index (χ3v) is 7.73. The van der Waals surface area contributed by atoms with Crippen molar-refractivity contribution in [2.45, 2.75) is 45.7 Å². The van der Waals surface area contributed by atoms with Crippen molar-refractivity contribution in [3.05, 3.63) is 94.2 Å². The Morgan fingerprint density at radius 3 is 2.71 bits per heavy atom. The molecule has 0 bridgehead atoms. The summed E-state index contributed by atoms with van der Waals surface area (Å²) < 4.78 is 1.84. The van der Waals surface area contributed by atoms with Crippen LogP contribution in [0.25, 0.3) is 21.9 Å². The first-order chi connectivity index (χ1) is 18.4. The van der Waals surface area contributed by atoms with E-state index >= 15 is 0 Å². The summed E-state index contributed by atoms with van der Waals surface area (Å²) in [5.41, 5.74) is 8.33. The fourth-order valence-corrected chi connectivity index (χ4v) is 5.70. The minimum atomic E-state index is -0.861. The van der Waals surface area contributed by atoms with Crippen molar-refractivity contribution in [3.8, 4) is 0 Å². The van der Waals surface area contributed by atoms with E-state index in [0.29, 0.717) is 25.3 Å². The molecule has 0 spiro atoms. The average molecular weight is 508 g/mol. The summed E-state index contributed by atoms with van der Waals surface area (Å²) in [7, 11) is 0. The zero-order valence-corrected chi connectivity index (χ0v) is 21.4. The molecule has 3 heterocycles. The Balaban J connectivity index is 1.33. The normalized spacial score (nSPS) is 14.1. The molecule has 1 aliphatic heterocycles. The molecule has 192 valence electrons. The fourth-order valence-electron chi connectivity index (χ4n) is 5.70. The Bertz CT molecular complexity index is 1670. The van der Waals surface area contributed by atoms with Gasteiger partial charge >= 0.3 is 5.97 Å². The first-order valence-corrected chi connectivity index (χ1v) is 13.0. The van der Waals surface area contributed by atoms with E-state index in [2.05, 4.69) is 27.4 Å². The lowest BCUT2D eigenvalue weighted by molar-refractivity contribution is -0.137. The standard InChI is InChI=1S/C30H29N5O3/c1-3-35-27-11-10-23(18(2)29(27)32-33-35)24(16-28(36)37)20-9-8-19-12-13-34(17-22(19)14-20)30(38)26-15-21-6-4-5-7-25(21)31-26/h4-11,14-15,24,31H,3,12-13,16-17H2,1-2H3,(H,36,37). The number of benzene rings is 3. The number of aliphatic carboxylic acids is 1. The second kappa shape index (κ2) is 9.45. The Kier molecular flexibility index (Phi) is 5.94. The Labute approximate surface area is 219 Å². The van der Waals surface area contributed by atoms with Gasteiger partial charge in [-0.15, -0.1) is 5.10 Å². The summed E-state index contributed by atoms with van der Waals surface area (Å²) in [6.45, 7) is 5.85. The molecule has 8 heteroatoms. The smallest absolute Gasteiger partial charge is 0.304 e. The SMILES string of the molecule is CCn1nnc2c(C)c(C(CC(=O)O)c3ccc4c(c3)CN(C(=O)c3cc5ccccc5[nH]3)CC4)ccc21. The van der Waals surface area contributed by atoms with E-state index < -0.39 is 5.97 Å². The fraction of sp³-hybridized carbons (Fsp3) is 0.267. The number of H-pyrrole nitrogens is 1. The molecule has 0 radical (unpaired) electrons. The molecule has 0 aliphatic carbocycles. The van der Waals surface area contributed by atoms with Crippen LogP contribution in [0.2, 0.25) is 0 Å². The Morgan fingerprint density at radius 1 is 1.08 bits per heavy atom. The lowest BCUT2D eigenvalue weighted by Crippen LogP contribution is -2.36. The predicted octanol–water partition coefficient (Wildman–Crippen LogP) is 5.05. The van der Waals surface area contributed by atoms with E-state index in [1.807, 2.05) is 72.0 Å². The molecule has 5 aromatic rings.